The van der Waals surface area contributed by atoms with Crippen LogP contribution in [0.15, 0.2) is 24.3 Å². The van der Waals surface area contributed by atoms with Gasteiger partial charge < -0.3 is 33.7 Å². The van der Waals surface area contributed by atoms with Gasteiger partial charge in [0.15, 0.2) is 0 Å². The van der Waals surface area contributed by atoms with Crippen molar-refractivity contribution in [3.05, 3.63) is 35.4 Å². The Morgan fingerprint density at radius 1 is 0.800 bits per heavy atom. The lowest BCUT2D eigenvalue weighted by atomic mass is 10.00. The van der Waals surface area contributed by atoms with Crippen molar-refractivity contribution < 1.29 is 32.9 Å². The molecule has 2 N–H and O–H groups in total. The summed E-state index contributed by atoms with van der Waals surface area (Å²) in [5.74, 6) is -0.756. The normalized spacial score (nSPS) is 18.0. The molecule has 290 valence electrons. The molecule has 2 atom stereocenters. The van der Waals surface area contributed by atoms with Crippen molar-refractivity contribution in [2.45, 2.75) is 122 Å². The van der Waals surface area contributed by atoms with Gasteiger partial charge in [0.05, 0.1) is 34.3 Å². The van der Waals surface area contributed by atoms with Crippen LogP contribution in [-0.4, -0.2) is 119 Å². The molecule has 1 saturated heterocycles. The fourth-order valence-electron chi connectivity index (χ4n) is 6.50. The second kappa shape index (κ2) is 26.4. The van der Waals surface area contributed by atoms with Crippen LogP contribution < -0.4 is 10.2 Å². The van der Waals surface area contributed by atoms with Crippen molar-refractivity contribution in [1.29, 1.82) is 0 Å². The molecular weight excluding hydrogens is 651 g/mol. The molecule has 0 amide bonds. The quantitative estimate of drug-likeness (QED) is 0.0567. The van der Waals surface area contributed by atoms with Gasteiger partial charge in [-0.25, -0.2) is 0 Å². The Bertz CT molecular complexity index is 1050. The molecule has 10 nitrogen and oxygen atoms in total. The molecule has 0 aromatic heterocycles. The molecule has 2 unspecified atom stereocenters. The number of phosphoric ester groups is 1. The monoisotopic (exact) mass is 725 g/mol. The van der Waals surface area contributed by atoms with Crippen LogP contribution in [0, 0.1) is 0 Å². The Labute approximate surface area is 305 Å². The average molecular weight is 725 g/mol. The Balaban J connectivity index is 1.39. The van der Waals surface area contributed by atoms with Crippen LogP contribution in [-0.2, 0) is 31.2 Å². The lowest BCUT2D eigenvalue weighted by molar-refractivity contribution is -0.870. The third-order valence-corrected chi connectivity index (χ3v) is 10.7. The van der Waals surface area contributed by atoms with Gasteiger partial charge in [0.25, 0.3) is 7.82 Å². The smallest absolute Gasteiger partial charge is 0.317 e. The molecule has 11 heteroatoms. The molecule has 0 aliphatic carbocycles. The largest absolute Gasteiger partial charge is 0.756 e. The van der Waals surface area contributed by atoms with Crippen LogP contribution in [0.2, 0.25) is 0 Å². The highest BCUT2D eigenvalue weighted by molar-refractivity contribution is 7.45. The van der Waals surface area contributed by atoms with Crippen molar-refractivity contribution in [2.24, 2.45) is 0 Å². The maximum absolute atomic E-state index is 11.8. The van der Waals surface area contributed by atoms with Crippen molar-refractivity contribution in [2.75, 3.05) is 87.2 Å². The summed E-state index contributed by atoms with van der Waals surface area (Å²) < 4.78 is 22.4. The van der Waals surface area contributed by atoms with E-state index in [9.17, 15) is 19.4 Å². The minimum atomic E-state index is -4.17. The summed E-state index contributed by atoms with van der Waals surface area (Å²) >= 11 is 0. The van der Waals surface area contributed by atoms with E-state index in [4.69, 9.17) is 9.05 Å². The van der Waals surface area contributed by atoms with Gasteiger partial charge >= 0.3 is 5.97 Å². The minimum absolute atomic E-state index is 0.0986. The maximum atomic E-state index is 11.8. The molecule has 1 fully saturated rings. The van der Waals surface area contributed by atoms with E-state index in [1.807, 2.05) is 21.1 Å². The molecule has 0 spiro atoms. The molecule has 1 heterocycles. The number of aliphatic carboxylic acids is 1. The van der Waals surface area contributed by atoms with Gasteiger partial charge in [-0.2, -0.15) is 0 Å². The predicted molar refractivity (Wildman–Crippen MR) is 203 cm³/mol. The fraction of sp³-hybridized carbons (Fsp3) is 0.821. The molecule has 0 saturated carbocycles. The Kier molecular flexibility index (Phi) is 23.7. The topological polar surface area (TPSA) is 114 Å². The summed E-state index contributed by atoms with van der Waals surface area (Å²) in [7, 11) is 3.92. The number of hydrogen-bond donors (Lipinski definition) is 2. The van der Waals surface area contributed by atoms with E-state index in [1.165, 1.54) is 94.6 Å². The molecular formula is C39H73N4O6P. The van der Waals surface area contributed by atoms with E-state index in [1.54, 1.807) is 0 Å². The van der Waals surface area contributed by atoms with E-state index in [0.29, 0.717) is 11.0 Å². The second-order valence-corrected chi connectivity index (χ2v) is 17.0. The number of nitrogens with one attached hydrogen (secondary N) is 1. The number of unbranched alkanes of at least 4 members (excludes halogenated alkanes) is 15. The lowest BCUT2D eigenvalue weighted by Crippen LogP contribution is -2.44. The number of phosphoric acid groups is 1. The SMILES string of the molecule is CN1CCNC(Cc2ccc(CCCCCCCCCCCCCCCCCCOP(=O)([O-])OCC[N+](C)(C)C)cc2)CN(CC(=O)O)CC1. The number of carboxylic acids is 1. The van der Waals surface area contributed by atoms with Crippen molar-refractivity contribution in [3.63, 3.8) is 0 Å². The van der Waals surface area contributed by atoms with Crippen LogP contribution >= 0.6 is 7.82 Å². The van der Waals surface area contributed by atoms with E-state index in [2.05, 4.69) is 46.4 Å². The average Bonchev–Trinajstić information content (AvgIpc) is 3.12. The van der Waals surface area contributed by atoms with Crippen molar-refractivity contribution >= 4 is 13.8 Å². The lowest BCUT2D eigenvalue weighted by Gasteiger charge is -2.27. The highest BCUT2D eigenvalue weighted by atomic mass is 31.2. The van der Waals surface area contributed by atoms with Gasteiger partial charge in [-0.05, 0) is 43.9 Å². The number of benzene rings is 1. The Morgan fingerprint density at radius 2 is 1.30 bits per heavy atom. The number of rotatable bonds is 28. The predicted octanol–water partition coefficient (Wildman–Crippen LogP) is 6.51. The third kappa shape index (κ3) is 24.8. The number of carboxylic acid groups (broad SMARTS) is 1. The van der Waals surface area contributed by atoms with Crippen LogP contribution in [0.4, 0.5) is 0 Å². The number of hydrogen-bond acceptors (Lipinski definition) is 8. The van der Waals surface area contributed by atoms with Crippen molar-refractivity contribution in [1.82, 2.24) is 15.1 Å². The zero-order chi connectivity index (χ0) is 36.5. The number of nitrogens with zero attached hydrogens (tertiary/aromatic N) is 3. The van der Waals surface area contributed by atoms with Gasteiger partial charge in [-0.1, -0.05) is 114 Å². The van der Waals surface area contributed by atoms with E-state index in [0.717, 1.165) is 64.8 Å². The van der Waals surface area contributed by atoms with Crippen molar-refractivity contribution in [3.8, 4) is 0 Å². The van der Waals surface area contributed by atoms with Gasteiger partial charge in [0.1, 0.15) is 13.2 Å². The Hall–Kier alpha value is -1.36. The van der Waals surface area contributed by atoms with Gasteiger partial charge in [-0.3, -0.25) is 14.3 Å². The molecule has 50 heavy (non-hydrogen) atoms. The van der Waals surface area contributed by atoms with Gasteiger partial charge in [-0.15, -0.1) is 0 Å². The Morgan fingerprint density at radius 3 is 1.84 bits per heavy atom. The first-order valence-corrected chi connectivity index (χ1v) is 21.2. The molecule has 1 aliphatic rings. The summed E-state index contributed by atoms with van der Waals surface area (Å²) in [6, 6.07) is 9.35. The summed E-state index contributed by atoms with van der Waals surface area (Å²) in [6.45, 7) is 5.44. The summed E-state index contributed by atoms with van der Waals surface area (Å²) in [5.41, 5.74) is 2.73. The molecule has 0 radical (unpaired) electrons. The molecule has 2 rings (SSSR count). The van der Waals surface area contributed by atoms with Crippen LogP contribution in [0.5, 0.6) is 0 Å². The summed E-state index contributed by atoms with van der Waals surface area (Å²) in [6.07, 6.45) is 22.1. The summed E-state index contributed by atoms with van der Waals surface area (Å²) in [4.78, 5) is 27.5. The van der Waals surface area contributed by atoms with E-state index < -0.39 is 13.8 Å². The van der Waals surface area contributed by atoms with E-state index >= 15 is 0 Å². The molecule has 1 aromatic carbocycles. The highest BCUT2D eigenvalue weighted by Crippen LogP contribution is 2.38. The minimum Gasteiger partial charge on any atom is -0.756 e. The number of aryl methyl sites for hydroxylation is 1. The molecule has 0 bridgehead atoms. The number of quaternary nitrogens is 1. The standard InChI is InChI=1S/C39H73N4O6P/c1-41-27-26-40-38(34-42(29-28-41)35-39(44)45)33-37-24-22-36(23-25-37)21-19-17-15-13-11-9-7-5-6-8-10-12-14-16-18-20-31-48-50(46,47)49-32-30-43(2,3)4/h22-25,38,40H,5-21,26-35H2,1-4H3,(H-,44,45,46,47). The zero-order valence-corrected chi connectivity index (χ0v) is 33.2. The van der Waals surface area contributed by atoms with Crippen LogP contribution in [0.25, 0.3) is 0 Å². The third-order valence-electron chi connectivity index (χ3n) is 9.69. The zero-order valence-electron chi connectivity index (χ0n) is 32.3. The van der Waals surface area contributed by atoms with Crippen LogP contribution in [0.1, 0.15) is 114 Å². The highest BCUT2D eigenvalue weighted by Gasteiger charge is 2.19. The first-order chi connectivity index (χ1) is 23.9. The first kappa shape index (κ1) is 44.8. The second-order valence-electron chi connectivity index (χ2n) is 15.6. The number of likely N-dealkylation sites (N-methyl/N-ethyl adjacent to an activating group) is 2. The first-order valence-electron chi connectivity index (χ1n) is 19.8. The molecule has 1 aliphatic heterocycles. The molecule has 1 aromatic rings. The van der Waals surface area contributed by atoms with Gasteiger partial charge in [0, 0.05) is 38.8 Å². The van der Waals surface area contributed by atoms with Gasteiger partial charge in [0.2, 0.25) is 0 Å². The fourth-order valence-corrected chi connectivity index (χ4v) is 7.23. The number of carbonyl (C=O) groups is 1. The maximum Gasteiger partial charge on any atom is 0.317 e. The van der Waals surface area contributed by atoms with E-state index in [-0.39, 0.29) is 25.8 Å². The van der Waals surface area contributed by atoms with Crippen LogP contribution in [0.3, 0.4) is 0 Å². The summed E-state index contributed by atoms with van der Waals surface area (Å²) in [5, 5.41) is 13.0.